The molecule has 0 radical (unpaired) electrons. The van der Waals surface area contributed by atoms with Gasteiger partial charge in [0.1, 0.15) is 11.9 Å². The van der Waals surface area contributed by atoms with Crippen LogP contribution in [0, 0.1) is 0 Å². The minimum Gasteiger partial charge on any atom is -0.489 e. The van der Waals surface area contributed by atoms with Gasteiger partial charge in [0.2, 0.25) is 0 Å². The maximum Gasteiger partial charge on any atom is 0.119 e. The first kappa shape index (κ1) is 14.9. The first-order chi connectivity index (χ1) is 10.8. The van der Waals surface area contributed by atoms with Gasteiger partial charge in [0.25, 0.3) is 0 Å². The molecule has 0 spiro atoms. The molecular weight excluding hydrogens is 274 g/mol. The molecule has 1 saturated heterocycles. The Labute approximate surface area is 131 Å². The number of benzene rings is 2. The number of para-hydroxylation sites is 1. The fraction of sp³-hybridized carbons (Fsp3) is 0.333. The highest BCUT2D eigenvalue weighted by Gasteiger charge is 2.31. The molecule has 4 N–H and O–H groups in total. The van der Waals surface area contributed by atoms with E-state index in [0.717, 1.165) is 24.3 Å². The van der Waals surface area contributed by atoms with E-state index in [2.05, 4.69) is 29.9 Å². The maximum absolute atomic E-state index is 6.13. The first-order valence-electron chi connectivity index (χ1n) is 7.84. The lowest BCUT2D eigenvalue weighted by atomic mass is 9.98. The zero-order valence-electron chi connectivity index (χ0n) is 12.8. The second-order valence-corrected chi connectivity index (χ2v) is 5.73. The maximum atomic E-state index is 6.13. The van der Waals surface area contributed by atoms with Crippen molar-refractivity contribution < 1.29 is 4.74 Å². The minimum atomic E-state index is 0.147. The summed E-state index contributed by atoms with van der Waals surface area (Å²) in [6, 6.07) is 18.6. The molecular formula is C18H23N3O. The van der Waals surface area contributed by atoms with Crippen LogP contribution in [0.3, 0.4) is 0 Å². The Kier molecular flexibility index (Phi) is 4.61. The van der Waals surface area contributed by atoms with Crippen molar-refractivity contribution in [2.24, 2.45) is 0 Å². The predicted molar refractivity (Wildman–Crippen MR) is 89.4 cm³/mol. The lowest BCUT2D eigenvalue weighted by Gasteiger charge is -2.23. The number of ether oxygens (including phenoxy) is 1. The quantitative estimate of drug-likeness (QED) is 0.742. The Morgan fingerprint density at radius 1 is 1.09 bits per heavy atom. The lowest BCUT2D eigenvalue weighted by Crippen LogP contribution is -2.41. The second kappa shape index (κ2) is 6.81. The van der Waals surface area contributed by atoms with E-state index < -0.39 is 0 Å². The summed E-state index contributed by atoms with van der Waals surface area (Å²) in [6.07, 6.45) is 2.10. The Balaban J connectivity index is 1.64. The molecule has 3 rings (SSSR count). The molecule has 3 unspecified atom stereocenters. The highest BCUT2D eigenvalue weighted by Crippen LogP contribution is 2.26. The van der Waals surface area contributed by atoms with E-state index in [1.54, 1.807) is 0 Å². The second-order valence-electron chi connectivity index (χ2n) is 5.73. The van der Waals surface area contributed by atoms with Gasteiger partial charge in [-0.05, 0) is 42.7 Å². The van der Waals surface area contributed by atoms with Gasteiger partial charge in [0.15, 0.2) is 0 Å². The molecule has 0 saturated carbocycles. The van der Waals surface area contributed by atoms with Crippen molar-refractivity contribution in [3.63, 3.8) is 0 Å². The van der Waals surface area contributed by atoms with Crippen LogP contribution in [-0.4, -0.2) is 12.1 Å². The van der Waals surface area contributed by atoms with Gasteiger partial charge in [-0.2, -0.15) is 0 Å². The zero-order chi connectivity index (χ0) is 15.4. The number of hydrogen-bond acceptors (Lipinski definition) is 4. The molecule has 0 bridgehead atoms. The molecule has 22 heavy (non-hydrogen) atoms. The van der Waals surface area contributed by atoms with Crippen LogP contribution in [-0.2, 0) is 0 Å². The summed E-state index contributed by atoms with van der Waals surface area (Å²) >= 11 is 0. The van der Waals surface area contributed by atoms with E-state index in [-0.39, 0.29) is 12.1 Å². The summed E-state index contributed by atoms with van der Waals surface area (Å²) in [5.41, 5.74) is 14.6. The molecule has 1 heterocycles. The van der Waals surface area contributed by atoms with Gasteiger partial charge in [-0.3, -0.25) is 5.43 Å². The number of nitrogen functional groups attached to an aromatic ring is 1. The largest absolute Gasteiger partial charge is 0.489 e. The van der Waals surface area contributed by atoms with Crippen LogP contribution in [0.15, 0.2) is 54.6 Å². The summed E-state index contributed by atoms with van der Waals surface area (Å²) in [6.45, 7) is 2.16. The number of hydrogen-bond donors (Lipinski definition) is 3. The third-order valence-electron chi connectivity index (χ3n) is 4.15. The van der Waals surface area contributed by atoms with E-state index in [9.17, 15) is 0 Å². The van der Waals surface area contributed by atoms with E-state index in [1.165, 1.54) is 5.56 Å². The standard InChI is InChI=1S/C18H23N3O/c1-2-18(22-15-6-4-3-5-7-15)17-12-16(20-21-17)13-8-10-14(19)11-9-13/h3-11,16-18,20-21H,2,12,19H2,1H3. The highest BCUT2D eigenvalue weighted by atomic mass is 16.5. The molecule has 1 aliphatic rings. The lowest BCUT2D eigenvalue weighted by molar-refractivity contribution is 0.154. The van der Waals surface area contributed by atoms with Gasteiger partial charge in [-0.1, -0.05) is 37.3 Å². The summed E-state index contributed by atoms with van der Waals surface area (Å²) < 4.78 is 6.13. The van der Waals surface area contributed by atoms with Crippen molar-refractivity contribution in [1.82, 2.24) is 10.9 Å². The molecule has 1 fully saturated rings. The molecule has 0 aliphatic carbocycles. The van der Waals surface area contributed by atoms with Crippen LogP contribution in [0.1, 0.15) is 31.4 Å². The molecule has 4 nitrogen and oxygen atoms in total. The van der Waals surface area contributed by atoms with Crippen LogP contribution in [0.4, 0.5) is 5.69 Å². The van der Waals surface area contributed by atoms with Crippen LogP contribution < -0.4 is 21.3 Å². The zero-order valence-corrected chi connectivity index (χ0v) is 12.8. The monoisotopic (exact) mass is 297 g/mol. The molecule has 0 aromatic heterocycles. The van der Waals surface area contributed by atoms with E-state index in [4.69, 9.17) is 10.5 Å². The molecule has 3 atom stereocenters. The van der Waals surface area contributed by atoms with E-state index in [0.29, 0.717) is 6.04 Å². The summed E-state index contributed by atoms with van der Waals surface area (Å²) in [5, 5.41) is 0. The Hall–Kier alpha value is -2.04. The van der Waals surface area contributed by atoms with Gasteiger partial charge in [-0.15, -0.1) is 0 Å². The van der Waals surface area contributed by atoms with Crippen LogP contribution in [0.2, 0.25) is 0 Å². The predicted octanol–water partition coefficient (Wildman–Crippen LogP) is 3.03. The Morgan fingerprint density at radius 2 is 1.82 bits per heavy atom. The third-order valence-corrected chi connectivity index (χ3v) is 4.15. The van der Waals surface area contributed by atoms with Crippen molar-refractivity contribution in [3.05, 3.63) is 60.2 Å². The average Bonchev–Trinajstić information content (AvgIpc) is 3.04. The molecule has 1 aliphatic heterocycles. The van der Waals surface area contributed by atoms with Gasteiger partial charge in [0, 0.05) is 11.7 Å². The topological polar surface area (TPSA) is 59.3 Å². The SMILES string of the molecule is CCC(Oc1ccccc1)C1CC(c2ccc(N)cc2)NN1. The summed E-state index contributed by atoms with van der Waals surface area (Å²) in [5.74, 6) is 0.923. The highest BCUT2D eigenvalue weighted by molar-refractivity contribution is 5.40. The normalized spacial score (nSPS) is 22.4. The average molecular weight is 297 g/mol. The summed E-state index contributed by atoms with van der Waals surface area (Å²) in [4.78, 5) is 0. The van der Waals surface area contributed by atoms with Gasteiger partial charge in [0.05, 0.1) is 6.04 Å². The number of hydrazine groups is 1. The van der Waals surface area contributed by atoms with Gasteiger partial charge < -0.3 is 10.5 Å². The van der Waals surface area contributed by atoms with Crippen molar-refractivity contribution in [2.45, 2.75) is 38.0 Å². The number of nitrogens with one attached hydrogen (secondary N) is 2. The van der Waals surface area contributed by atoms with E-state index >= 15 is 0 Å². The molecule has 2 aromatic carbocycles. The Bertz CT molecular complexity index is 585. The van der Waals surface area contributed by atoms with Gasteiger partial charge >= 0.3 is 0 Å². The fourth-order valence-corrected chi connectivity index (χ4v) is 2.90. The van der Waals surface area contributed by atoms with E-state index in [1.807, 2.05) is 42.5 Å². The van der Waals surface area contributed by atoms with Crippen LogP contribution in [0.5, 0.6) is 5.75 Å². The molecule has 0 amide bonds. The van der Waals surface area contributed by atoms with Crippen LogP contribution >= 0.6 is 0 Å². The number of rotatable bonds is 5. The first-order valence-corrected chi connectivity index (χ1v) is 7.84. The molecule has 116 valence electrons. The van der Waals surface area contributed by atoms with Crippen LogP contribution in [0.25, 0.3) is 0 Å². The molecule has 2 aromatic rings. The Morgan fingerprint density at radius 3 is 2.50 bits per heavy atom. The van der Waals surface area contributed by atoms with Gasteiger partial charge in [-0.25, -0.2) is 5.43 Å². The molecule has 4 heteroatoms. The number of anilines is 1. The smallest absolute Gasteiger partial charge is 0.119 e. The third kappa shape index (κ3) is 3.40. The number of nitrogens with two attached hydrogens (primary N) is 1. The van der Waals surface area contributed by atoms with Crippen molar-refractivity contribution >= 4 is 5.69 Å². The fourth-order valence-electron chi connectivity index (χ4n) is 2.90. The van der Waals surface area contributed by atoms with Crippen molar-refractivity contribution in [3.8, 4) is 5.75 Å². The minimum absolute atomic E-state index is 0.147. The van der Waals surface area contributed by atoms with Crippen molar-refractivity contribution in [2.75, 3.05) is 5.73 Å². The summed E-state index contributed by atoms with van der Waals surface area (Å²) in [7, 11) is 0. The van der Waals surface area contributed by atoms with Crippen molar-refractivity contribution in [1.29, 1.82) is 0 Å².